The highest BCUT2D eigenvalue weighted by molar-refractivity contribution is 9.10. The van der Waals surface area contributed by atoms with E-state index in [0.717, 1.165) is 16.5 Å². The van der Waals surface area contributed by atoms with Gasteiger partial charge in [-0.25, -0.2) is 4.79 Å². The molecule has 0 atom stereocenters. The zero-order valence-corrected chi connectivity index (χ0v) is 18.4. The van der Waals surface area contributed by atoms with Crippen molar-refractivity contribution in [1.82, 2.24) is 15.1 Å². The van der Waals surface area contributed by atoms with Gasteiger partial charge < -0.3 is 20.4 Å². The van der Waals surface area contributed by atoms with Crippen molar-refractivity contribution >= 4 is 39.5 Å². The molecular formula is C22H25BrN4O3. The van der Waals surface area contributed by atoms with E-state index >= 15 is 0 Å². The number of carbonyl (C=O) groups is 3. The topological polar surface area (TPSA) is 81.8 Å². The van der Waals surface area contributed by atoms with Crippen LogP contribution >= 0.6 is 15.9 Å². The van der Waals surface area contributed by atoms with Crippen LogP contribution in [0.15, 0.2) is 53.0 Å². The molecule has 7 nitrogen and oxygen atoms in total. The highest BCUT2D eigenvalue weighted by Crippen LogP contribution is 2.15. The summed E-state index contributed by atoms with van der Waals surface area (Å²) < 4.78 is 0.917. The number of benzene rings is 2. The summed E-state index contributed by atoms with van der Waals surface area (Å²) in [5.74, 6) is -0.453. The summed E-state index contributed by atoms with van der Waals surface area (Å²) in [7, 11) is 0. The molecule has 158 valence electrons. The minimum Gasteiger partial charge on any atom is -0.350 e. The molecule has 1 saturated heterocycles. The van der Waals surface area contributed by atoms with Crippen molar-refractivity contribution in [3.05, 3.63) is 64.1 Å². The third-order valence-corrected chi connectivity index (χ3v) is 5.49. The van der Waals surface area contributed by atoms with Gasteiger partial charge >= 0.3 is 6.03 Å². The number of halogens is 1. The zero-order valence-electron chi connectivity index (χ0n) is 16.9. The van der Waals surface area contributed by atoms with Gasteiger partial charge in [-0.15, -0.1) is 0 Å². The Morgan fingerprint density at radius 3 is 2.30 bits per heavy atom. The normalized spacial score (nSPS) is 13.9. The molecule has 30 heavy (non-hydrogen) atoms. The lowest BCUT2D eigenvalue weighted by molar-refractivity contribution is -0.139. The van der Waals surface area contributed by atoms with E-state index < -0.39 is 0 Å². The smallest absolute Gasteiger partial charge is 0.322 e. The van der Waals surface area contributed by atoms with Crippen LogP contribution in [0.25, 0.3) is 0 Å². The van der Waals surface area contributed by atoms with Gasteiger partial charge in [0.15, 0.2) is 0 Å². The van der Waals surface area contributed by atoms with E-state index in [2.05, 4.69) is 33.5 Å². The number of amides is 4. The molecule has 0 unspecified atom stereocenters. The number of piperazine rings is 1. The molecule has 2 aromatic rings. The summed E-state index contributed by atoms with van der Waals surface area (Å²) in [5, 5.41) is 5.62. The maximum absolute atomic E-state index is 12.4. The first-order valence-corrected chi connectivity index (χ1v) is 10.7. The Hall–Kier alpha value is -2.87. The summed E-state index contributed by atoms with van der Waals surface area (Å²) in [6.07, 6.45) is 0.974. The molecule has 0 radical (unpaired) electrons. The molecule has 2 N–H and O–H groups in total. The summed E-state index contributed by atoms with van der Waals surface area (Å²) in [6.45, 7) is 3.16. The van der Waals surface area contributed by atoms with Gasteiger partial charge in [-0.2, -0.15) is 0 Å². The highest BCUT2D eigenvalue weighted by Gasteiger charge is 2.28. The Bertz CT molecular complexity index is 900. The molecule has 0 aliphatic carbocycles. The number of nitrogens with one attached hydrogen (secondary N) is 2. The molecule has 4 amide bonds. The van der Waals surface area contributed by atoms with Gasteiger partial charge in [0.2, 0.25) is 11.8 Å². The maximum atomic E-state index is 12.4. The van der Waals surface area contributed by atoms with Gasteiger partial charge in [-0.1, -0.05) is 47.1 Å². The van der Waals surface area contributed by atoms with Crippen molar-refractivity contribution in [2.75, 3.05) is 31.5 Å². The van der Waals surface area contributed by atoms with E-state index in [1.807, 2.05) is 36.4 Å². The predicted molar refractivity (Wildman–Crippen MR) is 119 cm³/mol. The van der Waals surface area contributed by atoms with E-state index in [4.69, 9.17) is 0 Å². The van der Waals surface area contributed by atoms with Gasteiger partial charge in [0, 0.05) is 29.8 Å². The van der Waals surface area contributed by atoms with Gasteiger partial charge in [0.1, 0.15) is 6.54 Å². The Labute approximate surface area is 184 Å². The van der Waals surface area contributed by atoms with Crippen LogP contribution in [0.3, 0.4) is 0 Å². The van der Waals surface area contributed by atoms with Crippen LogP contribution < -0.4 is 10.6 Å². The van der Waals surface area contributed by atoms with Crippen LogP contribution in [-0.2, 0) is 22.6 Å². The van der Waals surface area contributed by atoms with E-state index in [1.165, 1.54) is 15.4 Å². The predicted octanol–water partition coefficient (Wildman–Crippen LogP) is 3.00. The average molecular weight is 473 g/mol. The third kappa shape index (κ3) is 6.06. The number of urea groups is 1. The average Bonchev–Trinajstić information content (AvgIpc) is 2.75. The lowest BCUT2D eigenvalue weighted by Gasteiger charge is -2.33. The molecule has 1 fully saturated rings. The Kier molecular flexibility index (Phi) is 7.46. The van der Waals surface area contributed by atoms with Crippen LogP contribution in [0.2, 0.25) is 0 Å². The molecule has 1 aliphatic rings. The summed E-state index contributed by atoms with van der Waals surface area (Å²) >= 11 is 3.35. The van der Waals surface area contributed by atoms with Crippen LogP contribution in [-0.4, -0.2) is 53.8 Å². The molecule has 2 aromatic carbocycles. The molecule has 0 bridgehead atoms. The molecule has 8 heteroatoms. The fraction of sp³-hybridized carbons (Fsp3) is 0.318. The number of aryl methyl sites for hydroxylation is 1. The lowest BCUT2D eigenvalue weighted by Crippen LogP contribution is -2.55. The molecule has 0 spiro atoms. The fourth-order valence-electron chi connectivity index (χ4n) is 3.11. The number of hydrogen-bond acceptors (Lipinski definition) is 3. The second-order valence-electron chi connectivity index (χ2n) is 7.12. The summed E-state index contributed by atoms with van der Waals surface area (Å²) in [6, 6.07) is 15.0. The van der Waals surface area contributed by atoms with Crippen molar-refractivity contribution in [2.24, 2.45) is 0 Å². The first kappa shape index (κ1) is 21.8. The Morgan fingerprint density at radius 2 is 1.67 bits per heavy atom. The first-order chi connectivity index (χ1) is 14.4. The molecule has 1 aliphatic heterocycles. The lowest BCUT2D eigenvalue weighted by atomic mass is 10.1. The van der Waals surface area contributed by atoms with Crippen molar-refractivity contribution in [3.63, 3.8) is 0 Å². The van der Waals surface area contributed by atoms with Crippen molar-refractivity contribution in [1.29, 1.82) is 0 Å². The number of hydrogen-bond donors (Lipinski definition) is 2. The van der Waals surface area contributed by atoms with Crippen molar-refractivity contribution in [2.45, 2.75) is 19.9 Å². The minimum atomic E-state index is -0.328. The Balaban J connectivity index is 1.44. The van der Waals surface area contributed by atoms with Crippen LogP contribution in [0.1, 0.15) is 18.1 Å². The second-order valence-corrected chi connectivity index (χ2v) is 8.04. The van der Waals surface area contributed by atoms with Crippen molar-refractivity contribution in [3.8, 4) is 0 Å². The fourth-order valence-corrected chi connectivity index (χ4v) is 3.37. The van der Waals surface area contributed by atoms with Gasteiger partial charge in [-0.05, 0) is 41.8 Å². The standard InChI is InChI=1S/C22H25BrN4O3/c1-2-16-3-5-17(6-4-16)13-24-20(28)14-26-11-12-27(15-21(26)29)22(30)25-19-9-7-18(23)8-10-19/h3-10H,2,11-15H2,1H3,(H,24,28)(H,25,30). The van der Waals surface area contributed by atoms with Gasteiger partial charge in [0.05, 0.1) is 6.54 Å². The second kappa shape index (κ2) is 10.2. The van der Waals surface area contributed by atoms with Crippen molar-refractivity contribution < 1.29 is 14.4 Å². The summed E-state index contributed by atoms with van der Waals surface area (Å²) in [5.41, 5.74) is 2.92. The molecule has 3 rings (SSSR count). The van der Waals surface area contributed by atoms with Crippen LogP contribution in [0, 0.1) is 0 Å². The zero-order chi connectivity index (χ0) is 21.5. The number of nitrogens with zero attached hydrogens (tertiary/aromatic N) is 2. The SMILES string of the molecule is CCc1ccc(CNC(=O)CN2CCN(C(=O)Nc3ccc(Br)cc3)CC2=O)cc1. The molecule has 1 heterocycles. The van der Waals surface area contributed by atoms with E-state index in [0.29, 0.717) is 25.3 Å². The number of anilines is 1. The van der Waals surface area contributed by atoms with Gasteiger partial charge in [0.25, 0.3) is 0 Å². The maximum Gasteiger partial charge on any atom is 0.322 e. The van der Waals surface area contributed by atoms with Gasteiger partial charge in [-0.3, -0.25) is 9.59 Å². The van der Waals surface area contributed by atoms with E-state index in [1.54, 1.807) is 12.1 Å². The minimum absolute atomic E-state index is 0.00590. The van der Waals surface area contributed by atoms with Crippen LogP contribution in [0.5, 0.6) is 0 Å². The number of carbonyl (C=O) groups excluding carboxylic acids is 3. The molecular weight excluding hydrogens is 448 g/mol. The van der Waals surface area contributed by atoms with E-state index in [-0.39, 0.29) is 30.9 Å². The quantitative estimate of drug-likeness (QED) is 0.677. The van der Waals surface area contributed by atoms with E-state index in [9.17, 15) is 14.4 Å². The largest absolute Gasteiger partial charge is 0.350 e. The monoisotopic (exact) mass is 472 g/mol. The number of rotatable bonds is 6. The summed E-state index contributed by atoms with van der Waals surface area (Å²) in [4.78, 5) is 40.0. The first-order valence-electron chi connectivity index (χ1n) is 9.88. The molecule has 0 saturated carbocycles. The highest BCUT2D eigenvalue weighted by atomic mass is 79.9. The molecule has 0 aromatic heterocycles. The van der Waals surface area contributed by atoms with Crippen LogP contribution in [0.4, 0.5) is 10.5 Å². The third-order valence-electron chi connectivity index (χ3n) is 4.96. The Morgan fingerprint density at radius 1 is 1.00 bits per heavy atom.